The van der Waals surface area contributed by atoms with Crippen molar-refractivity contribution in [3.63, 3.8) is 0 Å². The number of anilines is 1. The van der Waals surface area contributed by atoms with Crippen LogP contribution in [0.25, 0.3) is 11.0 Å². The minimum absolute atomic E-state index is 0.123. The Kier molecular flexibility index (Phi) is 5.23. The molecule has 0 saturated carbocycles. The van der Waals surface area contributed by atoms with Gasteiger partial charge in [-0.15, -0.1) is 0 Å². The molecule has 11 nitrogen and oxygen atoms in total. The second-order valence-electron chi connectivity index (χ2n) is 6.74. The maximum Gasteiger partial charge on any atom is 0.320 e. The number of carbonyl (C=O) groups is 1. The minimum atomic E-state index is -0.625. The first-order valence-electron chi connectivity index (χ1n) is 9.27. The van der Waals surface area contributed by atoms with Crippen molar-refractivity contribution in [1.29, 1.82) is 0 Å². The molecule has 0 bridgehead atoms. The average Bonchev–Trinajstić information content (AvgIpc) is 3.27. The van der Waals surface area contributed by atoms with E-state index in [0.29, 0.717) is 25.7 Å². The van der Waals surface area contributed by atoms with Crippen LogP contribution >= 0.6 is 0 Å². The van der Waals surface area contributed by atoms with Gasteiger partial charge in [0, 0.05) is 33.2 Å². The van der Waals surface area contributed by atoms with Crippen LogP contribution in [0.2, 0.25) is 0 Å². The number of amides is 1. The van der Waals surface area contributed by atoms with Gasteiger partial charge in [0.2, 0.25) is 11.6 Å². The molecule has 1 amide bonds. The Morgan fingerprint density at radius 1 is 1.28 bits per heavy atom. The predicted octanol–water partition coefficient (Wildman–Crippen LogP) is 1.26. The molecule has 0 atom stereocenters. The van der Waals surface area contributed by atoms with Gasteiger partial charge >= 0.3 is 5.69 Å². The van der Waals surface area contributed by atoms with Gasteiger partial charge in [0.25, 0.3) is 5.91 Å². The number of nitrogens with one attached hydrogen (secondary N) is 1. The molecule has 152 valence electrons. The molecule has 3 heterocycles. The van der Waals surface area contributed by atoms with E-state index >= 15 is 0 Å². The fraction of sp³-hybridized carbons (Fsp3) is 0.389. The Morgan fingerprint density at radius 2 is 2.03 bits per heavy atom. The third-order valence-electron chi connectivity index (χ3n) is 4.95. The number of aromatic nitrogens is 4. The maximum absolute atomic E-state index is 12.8. The van der Waals surface area contributed by atoms with Crippen LogP contribution in [0.4, 0.5) is 11.6 Å². The van der Waals surface area contributed by atoms with Gasteiger partial charge in [-0.05, 0) is 12.1 Å². The molecule has 1 aliphatic heterocycles. The van der Waals surface area contributed by atoms with Crippen molar-refractivity contribution in [2.24, 2.45) is 7.05 Å². The second kappa shape index (κ2) is 7.97. The number of para-hydroxylation sites is 2. The number of rotatable bonds is 6. The molecule has 29 heavy (non-hydrogen) atoms. The molecular weight excluding hydrogens is 378 g/mol. The molecule has 1 aliphatic rings. The zero-order valence-corrected chi connectivity index (χ0v) is 15.9. The van der Waals surface area contributed by atoms with Crippen molar-refractivity contribution in [3.8, 4) is 0 Å². The largest absolute Gasteiger partial charge is 0.379 e. The average molecular weight is 399 g/mol. The Hall–Kier alpha value is -3.31. The van der Waals surface area contributed by atoms with Gasteiger partial charge in [0.05, 0.1) is 29.2 Å². The topological polar surface area (TPSA) is 120 Å². The summed E-state index contributed by atoms with van der Waals surface area (Å²) in [5.74, 6) is -0.278. The van der Waals surface area contributed by atoms with Gasteiger partial charge in [-0.2, -0.15) is 5.10 Å². The van der Waals surface area contributed by atoms with Crippen LogP contribution in [0.1, 0.15) is 10.5 Å². The number of ether oxygens (including phenoxy) is 1. The first-order chi connectivity index (χ1) is 14.0. The summed E-state index contributed by atoms with van der Waals surface area (Å²) in [4.78, 5) is 30.2. The molecular formula is C18H21N7O4. The van der Waals surface area contributed by atoms with Crippen LogP contribution in [-0.2, 0) is 18.3 Å². The van der Waals surface area contributed by atoms with Crippen LogP contribution in [0.15, 0.2) is 30.5 Å². The third-order valence-corrected chi connectivity index (χ3v) is 4.95. The first-order valence-corrected chi connectivity index (χ1v) is 9.27. The fourth-order valence-electron chi connectivity index (χ4n) is 3.45. The van der Waals surface area contributed by atoms with Crippen LogP contribution in [-0.4, -0.2) is 67.9 Å². The van der Waals surface area contributed by atoms with Crippen LogP contribution in [0.5, 0.6) is 0 Å². The highest BCUT2D eigenvalue weighted by atomic mass is 16.6. The number of fused-ring (bicyclic) bond motifs is 1. The van der Waals surface area contributed by atoms with E-state index in [-0.39, 0.29) is 11.4 Å². The van der Waals surface area contributed by atoms with Crippen LogP contribution < -0.4 is 5.32 Å². The SMILES string of the molecule is Cn1ncc([N+](=O)[O-])c1C(=O)Nc1nc2ccccc2n1CCN1CCOCC1. The molecule has 2 aromatic heterocycles. The Labute approximate surface area is 166 Å². The summed E-state index contributed by atoms with van der Waals surface area (Å²) in [7, 11) is 1.49. The summed E-state index contributed by atoms with van der Waals surface area (Å²) in [5, 5.41) is 17.8. The quantitative estimate of drug-likeness (QED) is 0.489. The Bertz CT molecular complexity index is 1050. The van der Waals surface area contributed by atoms with Crippen molar-refractivity contribution in [2.45, 2.75) is 6.54 Å². The van der Waals surface area contributed by atoms with E-state index in [1.165, 1.54) is 11.7 Å². The lowest BCUT2D eigenvalue weighted by molar-refractivity contribution is -0.385. The molecule has 0 radical (unpaired) electrons. The lowest BCUT2D eigenvalue weighted by atomic mass is 10.3. The maximum atomic E-state index is 12.8. The third kappa shape index (κ3) is 3.82. The Morgan fingerprint density at radius 3 is 2.79 bits per heavy atom. The van der Waals surface area contributed by atoms with Crippen LogP contribution in [0, 0.1) is 10.1 Å². The van der Waals surface area contributed by atoms with Crippen molar-refractivity contribution in [2.75, 3.05) is 38.2 Å². The monoisotopic (exact) mass is 399 g/mol. The molecule has 3 aromatic rings. The number of imidazole rings is 1. The molecule has 0 aliphatic carbocycles. The van der Waals surface area contributed by atoms with E-state index in [1.54, 1.807) is 0 Å². The normalized spacial score (nSPS) is 14.9. The van der Waals surface area contributed by atoms with Gasteiger partial charge in [-0.25, -0.2) is 4.98 Å². The van der Waals surface area contributed by atoms with Crippen molar-refractivity contribution < 1.29 is 14.5 Å². The van der Waals surface area contributed by atoms with Gasteiger partial charge in [-0.3, -0.25) is 29.8 Å². The smallest absolute Gasteiger partial charge is 0.320 e. The standard InChI is InChI=1S/C18H21N7O4/c1-22-16(15(12-19-22)25(27)28)17(26)21-18-20-13-4-2-3-5-14(13)24(18)7-6-23-8-10-29-11-9-23/h2-5,12H,6-11H2,1H3,(H,20,21,26). The summed E-state index contributed by atoms with van der Waals surface area (Å²) < 4.78 is 8.50. The molecule has 1 N–H and O–H groups in total. The number of carbonyl (C=O) groups excluding carboxylic acids is 1. The number of aryl methyl sites for hydroxylation is 1. The predicted molar refractivity (Wildman–Crippen MR) is 105 cm³/mol. The molecule has 1 fully saturated rings. The van der Waals surface area contributed by atoms with Gasteiger partial charge < -0.3 is 9.30 Å². The minimum Gasteiger partial charge on any atom is -0.379 e. The first kappa shape index (κ1) is 19.0. The highest BCUT2D eigenvalue weighted by molar-refractivity contribution is 6.05. The summed E-state index contributed by atoms with van der Waals surface area (Å²) in [5.41, 5.74) is 1.16. The van der Waals surface area contributed by atoms with Crippen molar-refractivity contribution in [1.82, 2.24) is 24.2 Å². The number of nitrogens with zero attached hydrogens (tertiary/aromatic N) is 6. The summed E-state index contributed by atoms with van der Waals surface area (Å²) >= 11 is 0. The van der Waals surface area contributed by atoms with E-state index in [1.807, 2.05) is 28.8 Å². The van der Waals surface area contributed by atoms with Crippen molar-refractivity contribution in [3.05, 3.63) is 46.3 Å². The number of hydrogen-bond donors (Lipinski definition) is 1. The van der Waals surface area contributed by atoms with Gasteiger partial charge in [0.15, 0.2) is 0 Å². The zero-order chi connectivity index (χ0) is 20.4. The number of hydrogen-bond acceptors (Lipinski definition) is 7. The number of benzene rings is 1. The van der Waals surface area contributed by atoms with Crippen LogP contribution in [0.3, 0.4) is 0 Å². The van der Waals surface area contributed by atoms with E-state index in [4.69, 9.17) is 4.74 Å². The highest BCUT2D eigenvalue weighted by Gasteiger charge is 2.27. The lowest BCUT2D eigenvalue weighted by Crippen LogP contribution is -2.38. The summed E-state index contributed by atoms with van der Waals surface area (Å²) in [6.45, 7) is 4.52. The number of morpholine rings is 1. The van der Waals surface area contributed by atoms with Gasteiger partial charge in [0.1, 0.15) is 6.20 Å². The molecule has 1 saturated heterocycles. The fourth-order valence-corrected chi connectivity index (χ4v) is 3.45. The molecule has 0 unspecified atom stereocenters. The van der Waals surface area contributed by atoms with E-state index in [0.717, 1.165) is 36.9 Å². The van der Waals surface area contributed by atoms with Crippen molar-refractivity contribution >= 4 is 28.6 Å². The second-order valence-corrected chi connectivity index (χ2v) is 6.74. The Balaban J connectivity index is 1.62. The molecule has 0 spiro atoms. The van der Waals surface area contributed by atoms with E-state index < -0.39 is 10.8 Å². The van der Waals surface area contributed by atoms with Gasteiger partial charge in [-0.1, -0.05) is 12.1 Å². The molecule has 4 rings (SSSR count). The van der Waals surface area contributed by atoms with E-state index in [9.17, 15) is 14.9 Å². The highest BCUT2D eigenvalue weighted by Crippen LogP contribution is 2.22. The summed E-state index contributed by atoms with van der Waals surface area (Å²) in [6, 6.07) is 7.58. The lowest BCUT2D eigenvalue weighted by Gasteiger charge is -2.26. The summed E-state index contributed by atoms with van der Waals surface area (Å²) in [6.07, 6.45) is 1.07. The molecule has 1 aromatic carbocycles. The molecule has 11 heteroatoms. The zero-order valence-electron chi connectivity index (χ0n) is 15.9. The number of nitro groups is 1. The van der Waals surface area contributed by atoms with E-state index in [2.05, 4.69) is 20.3 Å².